The van der Waals surface area contributed by atoms with Gasteiger partial charge in [0.1, 0.15) is 24.1 Å². The number of carbonyl (C=O) groups excluding carboxylic acids is 1. The van der Waals surface area contributed by atoms with Crippen molar-refractivity contribution in [2.24, 2.45) is 0 Å². The van der Waals surface area contributed by atoms with Crippen LogP contribution in [0, 0.1) is 0 Å². The summed E-state index contributed by atoms with van der Waals surface area (Å²) in [4.78, 5) is 26.7. The molecule has 2 aromatic carbocycles. The van der Waals surface area contributed by atoms with Crippen molar-refractivity contribution in [2.75, 3.05) is 20.2 Å². The molecule has 2 heterocycles. The van der Waals surface area contributed by atoms with Gasteiger partial charge in [0.05, 0.1) is 18.7 Å². The SMILES string of the molecule is COc1cccc(O[C@H]2CCN(C(=O)Cn3c(=O)oc4ccccc43)CC[C@@H]2O)c1. The molecular formula is C22H24N2O6. The maximum atomic E-state index is 12.9. The smallest absolute Gasteiger partial charge is 0.420 e. The Morgan fingerprint density at radius 1 is 1.13 bits per heavy atom. The van der Waals surface area contributed by atoms with Crippen molar-refractivity contribution in [3.05, 3.63) is 59.1 Å². The van der Waals surface area contributed by atoms with E-state index in [0.29, 0.717) is 48.5 Å². The van der Waals surface area contributed by atoms with Crippen LogP contribution in [0.15, 0.2) is 57.7 Å². The second-order valence-electron chi connectivity index (χ2n) is 7.28. The van der Waals surface area contributed by atoms with Crippen molar-refractivity contribution in [1.29, 1.82) is 0 Å². The zero-order valence-corrected chi connectivity index (χ0v) is 16.7. The van der Waals surface area contributed by atoms with Gasteiger partial charge in [-0.1, -0.05) is 18.2 Å². The van der Waals surface area contributed by atoms with Crippen LogP contribution in [0.1, 0.15) is 12.8 Å². The lowest BCUT2D eigenvalue weighted by molar-refractivity contribution is -0.131. The number of likely N-dealkylation sites (tertiary alicyclic amines) is 1. The Balaban J connectivity index is 1.43. The highest BCUT2D eigenvalue weighted by Crippen LogP contribution is 2.24. The molecule has 1 fully saturated rings. The lowest BCUT2D eigenvalue weighted by atomic mass is 10.1. The van der Waals surface area contributed by atoms with Gasteiger partial charge < -0.3 is 23.9 Å². The van der Waals surface area contributed by atoms with E-state index in [1.54, 1.807) is 48.4 Å². The molecular weight excluding hydrogens is 388 g/mol. The van der Waals surface area contributed by atoms with Crippen LogP contribution in [0.2, 0.25) is 0 Å². The predicted molar refractivity (Wildman–Crippen MR) is 110 cm³/mol. The quantitative estimate of drug-likeness (QED) is 0.689. The van der Waals surface area contributed by atoms with Gasteiger partial charge in [0.25, 0.3) is 0 Å². The normalized spacial score (nSPS) is 19.5. The monoisotopic (exact) mass is 412 g/mol. The lowest BCUT2D eigenvalue weighted by Gasteiger charge is -2.22. The van der Waals surface area contributed by atoms with E-state index in [2.05, 4.69) is 0 Å². The van der Waals surface area contributed by atoms with Crippen molar-refractivity contribution in [2.45, 2.75) is 31.6 Å². The summed E-state index contributed by atoms with van der Waals surface area (Å²) in [5.41, 5.74) is 1.04. The number of fused-ring (bicyclic) bond motifs is 1. The van der Waals surface area contributed by atoms with E-state index in [4.69, 9.17) is 13.9 Å². The molecule has 1 aromatic heterocycles. The van der Waals surface area contributed by atoms with Gasteiger partial charge in [-0.05, 0) is 30.7 Å². The largest absolute Gasteiger partial charge is 0.497 e. The zero-order chi connectivity index (χ0) is 21.1. The van der Waals surface area contributed by atoms with E-state index in [9.17, 15) is 14.7 Å². The minimum absolute atomic E-state index is 0.104. The number of ether oxygens (including phenoxy) is 2. The molecule has 1 N–H and O–H groups in total. The van der Waals surface area contributed by atoms with Crippen LogP contribution < -0.4 is 15.2 Å². The fraction of sp³-hybridized carbons (Fsp3) is 0.364. The highest BCUT2D eigenvalue weighted by molar-refractivity contribution is 5.79. The van der Waals surface area contributed by atoms with Crippen LogP contribution >= 0.6 is 0 Å². The number of benzene rings is 2. The second-order valence-corrected chi connectivity index (χ2v) is 7.28. The van der Waals surface area contributed by atoms with Crippen molar-refractivity contribution >= 4 is 17.0 Å². The molecule has 0 bridgehead atoms. The highest BCUT2D eigenvalue weighted by atomic mass is 16.5. The number of aliphatic hydroxyl groups is 1. The summed E-state index contributed by atoms with van der Waals surface area (Å²) in [6.07, 6.45) is -0.272. The van der Waals surface area contributed by atoms with Crippen LogP contribution in [-0.2, 0) is 11.3 Å². The number of aliphatic hydroxyl groups excluding tert-OH is 1. The van der Waals surface area contributed by atoms with Gasteiger partial charge >= 0.3 is 5.76 Å². The Kier molecular flexibility index (Phi) is 5.76. The summed E-state index contributed by atoms with van der Waals surface area (Å²) >= 11 is 0. The molecule has 0 saturated carbocycles. The van der Waals surface area contributed by atoms with Gasteiger partial charge in [0, 0.05) is 25.6 Å². The lowest BCUT2D eigenvalue weighted by Crippen LogP contribution is -2.36. The molecule has 1 saturated heterocycles. The molecule has 1 aliphatic rings. The molecule has 8 nitrogen and oxygen atoms in total. The van der Waals surface area contributed by atoms with E-state index in [1.807, 2.05) is 12.1 Å². The van der Waals surface area contributed by atoms with Gasteiger partial charge in [0.2, 0.25) is 5.91 Å². The average Bonchev–Trinajstić information content (AvgIpc) is 2.95. The van der Waals surface area contributed by atoms with Crippen molar-refractivity contribution in [3.8, 4) is 11.5 Å². The number of amides is 1. The average molecular weight is 412 g/mol. The third kappa shape index (κ3) is 4.18. The standard InChI is InChI=1S/C22H24N2O6/c1-28-15-5-4-6-16(13-15)29-20-10-12-23(11-9-18(20)25)21(26)14-24-17-7-2-3-8-19(17)30-22(24)27/h2-8,13,18,20,25H,9-12,14H2,1H3/t18-,20-/m0/s1. The number of aromatic nitrogens is 1. The molecule has 2 atom stereocenters. The van der Waals surface area contributed by atoms with Gasteiger partial charge in [0.15, 0.2) is 5.58 Å². The minimum atomic E-state index is -0.702. The maximum absolute atomic E-state index is 12.9. The summed E-state index contributed by atoms with van der Waals surface area (Å²) in [6.45, 7) is 0.713. The van der Waals surface area contributed by atoms with Crippen molar-refractivity contribution in [1.82, 2.24) is 9.47 Å². The molecule has 158 valence electrons. The van der Waals surface area contributed by atoms with Crippen LogP contribution in [0.25, 0.3) is 11.1 Å². The number of hydrogen-bond acceptors (Lipinski definition) is 6. The number of hydrogen-bond donors (Lipinski definition) is 1. The molecule has 0 unspecified atom stereocenters. The first-order valence-corrected chi connectivity index (χ1v) is 9.90. The Morgan fingerprint density at radius 2 is 1.90 bits per heavy atom. The van der Waals surface area contributed by atoms with Crippen molar-refractivity contribution in [3.63, 3.8) is 0 Å². The number of nitrogens with zero attached hydrogens (tertiary/aromatic N) is 2. The highest BCUT2D eigenvalue weighted by Gasteiger charge is 2.29. The predicted octanol–water partition coefficient (Wildman–Crippen LogP) is 2.03. The number of para-hydroxylation sites is 2. The van der Waals surface area contributed by atoms with Crippen LogP contribution in [-0.4, -0.2) is 52.9 Å². The fourth-order valence-corrected chi connectivity index (χ4v) is 3.70. The first-order chi connectivity index (χ1) is 14.5. The van der Waals surface area contributed by atoms with E-state index in [0.717, 1.165) is 0 Å². The Morgan fingerprint density at radius 3 is 2.73 bits per heavy atom. The third-order valence-electron chi connectivity index (χ3n) is 5.36. The molecule has 1 amide bonds. The van der Waals surface area contributed by atoms with Gasteiger partial charge in [-0.2, -0.15) is 0 Å². The van der Waals surface area contributed by atoms with E-state index < -0.39 is 18.0 Å². The molecule has 3 aromatic rings. The summed E-state index contributed by atoms with van der Waals surface area (Å²) in [5, 5.41) is 10.5. The molecule has 4 rings (SSSR count). The van der Waals surface area contributed by atoms with E-state index >= 15 is 0 Å². The second kappa shape index (κ2) is 8.62. The molecule has 0 radical (unpaired) electrons. The third-order valence-corrected chi connectivity index (χ3v) is 5.36. The van der Waals surface area contributed by atoms with Crippen LogP contribution in [0.3, 0.4) is 0 Å². The van der Waals surface area contributed by atoms with E-state index in [-0.39, 0.29) is 12.5 Å². The fourth-order valence-electron chi connectivity index (χ4n) is 3.70. The first kappa shape index (κ1) is 20.0. The van der Waals surface area contributed by atoms with Crippen LogP contribution in [0.5, 0.6) is 11.5 Å². The van der Waals surface area contributed by atoms with Crippen LogP contribution in [0.4, 0.5) is 0 Å². The Hall–Kier alpha value is -3.26. The topological polar surface area (TPSA) is 94.1 Å². The summed E-state index contributed by atoms with van der Waals surface area (Å²) in [6, 6.07) is 14.2. The molecule has 1 aliphatic heterocycles. The minimum Gasteiger partial charge on any atom is -0.497 e. The summed E-state index contributed by atoms with van der Waals surface area (Å²) < 4.78 is 17.7. The Labute approximate surface area is 173 Å². The number of carbonyl (C=O) groups is 1. The van der Waals surface area contributed by atoms with E-state index in [1.165, 1.54) is 4.57 Å². The first-order valence-electron chi connectivity index (χ1n) is 9.90. The van der Waals surface area contributed by atoms with Crippen molar-refractivity contribution < 1.29 is 23.8 Å². The number of rotatable bonds is 5. The van der Waals surface area contributed by atoms with Gasteiger partial charge in [-0.15, -0.1) is 0 Å². The number of methoxy groups -OCH3 is 1. The molecule has 0 aliphatic carbocycles. The van der Waals surface area contributed by atoms with Gasteiger partial charge in [-0.25, -0.2) is 4.79 Å². The molecule has 0 spiro atoms. The Bertz CT molecular complexity index is 1090. The molecule has 8 heteroatoms. The summed E-state index contributed by atoms with van der Waals surface area (Å²) in [5.74, 6) is 0.524. The number of oxazole rings is 1. The molecule has 30 heavy (non-hydrogen) atoms. The van der Waals surface area contributed by atoms with Gasteiger partial charge in [-0.3, -0.25) is 9.36 Å². The zero-order valence-electron chi connectivity index (χ0n) is 16.7. The summed E-state index contributed by atoms with van der Waals surface area (Å²) in [7, 11) is 1.58. The maximum Gasteiger partial charge on any atom is 0.420 e.